The number of hydrogen-bond donors (Lipinski definition) is 1. The van der Waals surface area contributed by atoms with Gasteiger partial charge in [-0.1, -0.05) is 0 Å². The van der Waals surface area contributed by atoms with E-state index in [0.29, 0.717) is 19.7 Å². The van der Waals surface area contributed by atoms with Gasteiger partial charge < -0.3 is 15.0 Å². The Morgan fingerprint density at radius 2 is 2.00 bits per heavy atom. The molecule has 1 atom stereocenters. The van der Waals surface area contributed by atoms with Crippen LogP contribution in [0.4, 0.5) is 0 Å². The molecule has 0 bridgehead atoms. The fraction of sp³-hybridized carbons (Fsp3) is 0.923. The van der Waals surface area contributed by atoms with Crippen molar-refractivity contribution < 1.29 is 17.9 Å². The largest absolute Gasteiger partial charge is 0.377 e. The van der Waals surface area contributed by atoms with E-state index in [9.17, 15) is 13.2 Å². The van der Waals surface area contributed by atoms with Crippen molar-refractivity contribution >= 4 is 28.3 Å². The summed E-state index contributed by atoms with van der Waals surface area (Å²) in [6, 6.07) is 0. The molecule has 0 aromatic rings. The Morgan fingerprint density at radius 1 is 1.32 bits per heavy atom. The highest BCUT2D eigenvalue weighted by atomic mass is 35.5. The van der Waals surface area contributed by atoms with E-state index >= 15 is 0 Å². The smallest absolute Gasteiger partial charge is 0.237 e. The minimum Gasteiger partial charge on any atom is -0.377 e. The zero-order valence-corrected chi connectivity index (χ0v) is 14.6. The average molecular weight is 356 g/mol. The van der Waals surface area contributed by atoms with Gasteiger partial charge in [0.05, 0.1) is 18.4 Å². The molecule has 22 heavy (non-hydrogen) atoms. The second-order valence-electron chi connectivity index (χ2n) is 5.65. The molecule has 7 nitrogen and oxygen atoms in total. The quantitative estimate of drug-likeness (QED) is 0.730. The molecule has 0 spiro atoms. The lowest BCUT2D eigenvalue weighted by Gasteiger charge is -2.30. The van der Waals surface area contributed by atoms with Gasteiger partial charge in [0.25, 0.3) is 0 Å². The normalized spacial score (nSPS) is 23.2. The number of hydrogen-bond acceptors (Lipinski definition) is 5. The van der Waals surface area contributed by atoms with Gasteiger partial charge in [-0.3, -0.25) is 4.79 Å². The maximum Gasteiger partial charge on any atom is 0.237 e. The van der Waals surface area contributed by atoms with Crippen molar-refractivity contribution in [2.75, 3.05) is 52.1 Å². The van der Waals surface area contributed by atoms with Crippen LogP contribution in [0.1, 0.15) is 19.3 Å². The molecule has 0 saturated carbocycles. The van der Waals surface area contributed by atoms with Crippen molar-refractivity contribution in [1.82, 2.24) is 14.5 Å². The van der Waals surface area contributed by atoms with Crippen LogP contribution in [0.25, 0.3) is 0 Å². The molecule has 9 heteroatoms. The zero-order valence-electron chi connectivity index (χ0n) is 13.0. The summed E-state index contributed by atoms with van der Waals surface area (Å²) in [4.78, 5) is 13.8. The number of amides is 1. The fourth-order valence-electron chi connectivity index (χ4n) is 2.60. The van der Waals surface area contributed by atoms with Crippen molar-refractivity contribution in [2.24, 2.45) is 0 Å². The van der Waals surface area contributed by atoms with E-state index in [2.05, 4.69) is 5.32 Å². The molecule has 130 valence electrons. The molecule has 1 amide bonds. The van der Waals surface area contributed by atoms with Crippen LogP contribution in [0, 0.1) is 0 Å². The SMILES string of the molecule is CN(CC(=O)N1CCNCC1)S(=O)(=O)CC1CCCCO1.Cl. The van der Waals surface area contributed by atoms with Gasteiger partial charge in [0.2, 0.25) is 15.9 Å². The molecular weight excluding hydrogens is 330 g/mol. The van der Waals surface area contributed by atoms with Gasteiger partial charge in [0, 0.05) is 39.8 Å². The van der Waals surface area contributed by atoms with Gasteiger partial charge in [-0.2, -0.15) is 4.31 Å². The van der Waals surface area contributed by atoms with Gasteiger partial charge in [-0.05, 0) is 19.3 Å². The first-order chi connectivity index (χ1) is 9.99. The molecule has 0 aromatic heterocycles. The maximum atomic E-state index is 12.3. The van der Waals surface area contributed by atoms with E-state index in [4.69, 9.17) is 4.74 Å². The minimum atomic E-state index is -3.45. The standard InChI is InChI=1S/C13H25N3O4S.ClH/c1-15(10-13(17)16-7-5-14-6-8-16)21(18,19)11-12-4-2-3-9-20-12;/h12,14H,2-11H2,1H3;1H. The summed E-state index contributed by atoms with van der Waals surface area (Å²) >= 11 is 0. The molecule has 2 aliphatic heterocycles. The molecule has 2 rings (SSSR count). The Labute approximate surface area is 138 Å². The topological polar surface area (TPSA) is 79.0 Å². The monoisotopic (exact) mass is 355 g/mol. The Bertz CT molecular complexity index is 448. The van der Waals surface area contributed by atoms with E-state index < -0.39 is 10.0 Å². The molecule has 2 saturated heterocycles. The first-order valence-electron chi connectivity index (χ1n) is 7.53. The van der Waals surface area contributed by atoms with E-state index in [1.807, 2.05) is 0 Å². The third-order valence-corrected chi connectivity index (χ3v) is 5.84. The van der Waals surface area contributed by atoms with Crippen molar-refractivity contribution in [3.8, 4) is 0 Å². The zero-order chi connectivity index (χ0) is 15.3. The average Bonchev–Trinajstić information content (AvgIpc) is 2.48. The number of carbonyl (C=O) groups excluding carboxylic acids is 1. The third kappa shape index (κ3) is 5.66. The molecule has 0 aromatic carbocycles. The summed E-state index contributed by atoms with van der Waals surface area (Å²) in [7, 11) is -1.98. The van der Waals surface area contributed by atoms with Crippen molar-refractivity contribution in [3.05, 3.63) is 0 Å². The van der Waals surface area contributed by atoms with E-state index in [0.717, 1.165) is 36.7 Å². The molecular formula is C13H26ClN3O4S. The molecule has 1 N–H and O–H groups in total. The van der Waals surface area contributed by atoms with Crippen LogP contribution in [0.15, 0.2) is 0 Å². The summed E-state index contributed by atoms with van der Waals surface area (Å²) in [5, 5.41) is 3.17. The van der Waals surface area contributed by atoms with E-state index in [1.165, 1.54) is 7.05 Å². The number of sulfonamides is 1. The van der Waals surface area contributed by atoms with Gasteiger partial charge in [0.15, 0.2) is 0 Å². The number of carbonyl (C=O) groups is 1. The van der Waals surface area contributed by atoms with Gasteiger partial charge in [-0.15, -0.1) is 12.4 Å². The molecule has 2 heterocycles. The number of likely N-dealkylation sites (N-methyl/N-ethyl adjacent to an activating group) is 1. The van der Waals surface area contributed by atoms with E-state index in [1.54, 1.807) is 4.90 Å². The lowest BCUT2D eigenvalue weighted by Crippen LogP contribution is -2.50. The highest BCUT2D eigenvalue weighted by Crippen LogP contribution is 2.15. The lowest BCUT2D eigenvalue weighted by molar-refractivity contribution is -0.131. The highest BCUT2D eigenvalue weighted by Gasteiger charge is 2.28. The van der Waals surface area contributed by atoms with Crippen LogP contribution < -0.4 is 5.32 Å². The minimum absolute atomic E-state index is 0. The number of ether oxygens (including phenoxy) is 1. The van der Waals surface area contributed by atoms with Gasteiger partial charge in [-0.25, -0.2) is 8.42 Å². The van der Waals surface area contributed by atoms with E-state index in [-0.39, 0.29) is 36.7 Å². The van der Waals surface area contributed by atoms with Gasteiger partial charge in [0.1, 0.15) is 0 Å². The molecule has 1 unspecified atom stereocenters. The van der Waals surface area contributed by atoms with Crippen molar-refractivity contribution in [1.29, 1.82) is 0 Å². The Hall–Kier alpha value is -0.410. The number of halogens is 1. The number of rotatable bonds is 5. The molecule has 2 fully saturated rings. The van der Waals surface area contributed by atoms with Crippen LogP contribution in [0.3, 0.4) is 0 Å². The summed E-state index contributed by atoms with van der Waals surface area (Å²) in [6.07, 6.45) is 2.54. The maximum absolute atomic E-state index is 12.3. The number of nitrogens with zero attached hydrogens (tertiary/aromatic N) is 2. The second kappa shape index (κ2) is 9.02. The number of piperazine rings is 1. The van der Waals surface area contributed by atoms with Crippen LogP contribution in [0.2, 0.25) is 0 Å². The molecule has 2 aliphatic rings. The number of nitrogens with one attached hydrogen (secondary N) is 1. The van der Waals surface area contributed by atoms with Crippen molar-refractivity contribution in [2.45, 2.75) is 25.4 Å². The van der Waals surface area contributed by atoms with Gasteiger partial charge >= 0.3 is 0 Å². The van der Waals surface area contributed by atoms with Crippen LogP contribution in [0.5, 0.6) is 0 Å². The van der Waals surface area contributed by atoms with Crippen molar-refractivity contribution in [3.63, 3.8) is 0 Å². The second-order valence-corrected chi connectivity index (χ2v) is 7.77. The summed E-state index contributed by atoms with van der Waals surface area (Å²) in [5.41, 5.74) is 0. The Balaban J connectivity index is 0.00000242. The predicted octanol–water partition coefficient (Wildman–Crippen LogP) is -0.329. The Kier molecular flexibility index (Phi) is 8.06. The van der Waals surface area contributed by atoms with Crippen LogP contribution in [-0.4, -0.2) is 81.8 Å². The first kappa shape index (κ1) is 19.6. The fourth-order valence-corrected chi connectivity index (χ4v) is 3.90. The summed E-state index contributed by atoms with van der Waals surface area (Å²) in [5.74, 6) is -0.162. The highest BCUT2D eigenvalue weighted by molar-refractivity contribution is 7.89. The predicted molar refractivity (Wildman–Crippen MR) is 86.7 cm³/mol. The summed E-state index contributed by atoms with van der Waals surface area (Å²) < 4.78 is 31.2. The first-order valence-corrected chi connectivity index (χ1v) is 9.14. The van der Waals surface area contributed by atoms with Crippen LogP contribution >= 0.6 is 12.4 Å². The molecule has 0 aliphatic carbocycles. The summed E-state index contributed by atoms with van der Waals surface area (Å²) in [6.45, 7) is 3.34. The Morgan fingerprint density at radius 3 is 2.59 bits per heavy atom. The van der Waals surface area contributed by atoms with Crippen LogP contribution in [-0.2, 0) is 19.6 Å². The third-order valence-electron chi connectivity index (χ3n) is 3.97. The lowest BCUT2D eigenvalue weighted by atomic mass is 10.1. The molecule has 0 radical (unpaired) electrons.